The van der Waals surface area contributed by atoms with Crippen molar-refractivity contribution in [3.05, 3.63) is 84.2 Å². The Bertz CT molecular complexity index is 1520. The van der Waals surface area contributed by atoms with Crippen LogP contribution in [0.1, 0.15) is 17.5 Å². The predicted molar refractivity (Wildman–Crippen MR) is 151 cm³/mol. The topological polar surface area (TPSA) is 77.1 Å². The second-order valence-corrected chi connectivity index (χ2v) is 9.89. The maximum Gasteiger partial charge on any atom is 0.573 e. The van der Waals surface area contributed by atoms with Crippen LogP contribution in [0.25, 0.3) is 17.1 Å². The molecule has 4 aromatic rings. The van der Waals surface area contributed by atoms with Crippen molar-refractivity contribution < 1.29 is 22.6 Å². The Kier molecular flexibility index (Phi) is 8.06. The standard InChI is InChI=1S/C28H25F3N6O2S/c1-19-4-13-25(38-2)24(16-19)36-14-3-15-40-27(36)34-33-17-20-5-7-21(8-6-20)26-32-18-37(35-26)22-9-11-23(12-10-22)39-28(29,30)31/h4-13,16-18H,3,14-15H2,1-2H3. The third-order valence-corrected chi connectivity index (χ3v) is 7.01. The third-order valence-electron chi connectivity index (χ3n) is 5.96. The number of alkyl halides is 3. The minimum absolute atomic E-state index is 0.302. The highest BCUT2D eigenvalue weighted by atomic mass is 32.2. The summed E-state index contributed by atoms with van der Waals surface area (Å²) in [6, 6.07) is 19.0. The number of nitrogens with zero attached hydrogens (tertiary/aromatic N) is 6. The molecule has 5 rings (SSSR count). The van der Waals surface area contributed by atoms with Crippen LogP contribution in [-0.2, 0) is 0 Å². The van der Waals surface area contributed by atoms with E-state index in [1.807, 2.05) is 43.3 Å². The molecule has 0 unspecified atom stereocenters. The summed E-state index contributed by atoms with van der Waals surface area (Å²) in [5.74, 6) is 1.94. The van der Waals surface area contributed by atoms with E-state index in [9.17, 15) is 13.2 Å². The maximum absolute atomic E-state index is 12.4. The molecule has 0 N–H and O–H groups in total. The van der Waals surface area contributed by atoms with Crippen molar-refractivity contribution in [1.29, 1.82) is 0 Å². The highest BCUT2D eigenvalue weighted by molar-refractivity contribution is 8.14. The van der Waals surface area contributed by atoms with E-state index in [-0.39, 0.29) is 5.75 Å². The van der Waals surface area contributed by atoms with Gasteiger partial charge in [0.25, 0.3) is 0 Å². The van der Waals surface area contributed by atoms with Crippen LogP contribution in [0, 0.1) is 6.92 Å². The second-order valence-electron chi connectivity index (χ2n) is 8.83. The molecular formula is C28H25F3N6O2S. The number of hydrogen-bond donors (Lipinski definition) is 0. The highest BCUT2D eigenvalue weighted by Crippen LogP contribution is 2.33. The molecule has 206 valence electrons. The molecule has 1 saturated heterocycles. The highest BCUT2D eigenvalue weighted by Gasteiger charge is 2.31. The monoisotopic (exact) mass is 566 g/mol. The Hall–Kier alpha value is -4.32. The molecule has 0 radical (unpaired) electrons. The van der Waals surface area contributed by atoms with Crippen molar-refractivity contribution in [3.63, 3.8) is 0 Å². The molecule has 0 spiro atoms. The largest absolute Gasteiger partial charge is 0.573 e. The van der Waals surface area contributed by atoms with Gasteiger partial charge in [-0.2, -0.15) is 5.10 Å². The van der Waals surface area contributed by atoms with Gasteiger partial charge in [0, 0.05) is 17.9 Å². The Morgan fingerprint density at radius 3 is 2.52 bits per heavy atom. The van der Waals surface area contributed by atoms with Crippen LogP contribution in [-0.4, -0.2) is 51.9 Å². The first-order valence-electron chi connectivity index (χ1n) is 12.3. The summed E-state index contributed by atoms with van der Waals surface area (Å²) in [7, 11) is 1.66. The van der Waals surface area contributed by atoms with Crippen molar-refractivity contribution in [2.75, 3.05) is 24.3 Å². The molecule has 2 heterocycles. The lowest BCUT2D eigenvalue weighted by atomic mass is 10.1. The van der Waals surface area contributed by atoms with Crippen molar-refractivity contribution >= 4 is 28.8 Å². The zero-order chi connectivity index (χ0) is 28.1. The number of anilines is 1. The van der Waals surface area contributed by atoms with Crippen LogP contribution in [0.15, 0.2) is 83.3 Å². The van der Waals surface area contributed by atoms with E-state index in [1.54, 1.807) is 25.1 Å². The zero-order valence-corrected chi connectivity index (χ0v) is 22.5. The SMILES string of the molecule is COc1ccc(C)cc1N1CCCSC1=NN=Cc1ccc(-c2ncn(-c3ccc(OC(F)(F)F)cc3)n2)cc1. The smallest absolute Gasteiger partial charge is 0.495 e. The average molecular weight is 567 g/mol. The van der Waals surface area contributed by atoms with E-state index in [1.165, 1.54) is 35.3 Å². The molecule has 0 aliphatic carbocycles. The van der Waals surface area contributed by atoms with E-state index in [0.717, 1.165) is 52.0 Å². The molecule has 0 saturated carbocycles. The summed E-state index contributed by atoms with van der Waals surface area (Å²) in [5.41, 5.74) is 4.30. The quantitative estimate of drug-likeness (QED) is 0.188. The van der Waals surface area contributed by atoms with Crippen molar-refractivity contribution in [2.24, 2.45) is 10.2 Å². The molecule has 1 aliphatic heterocycles. The number of amidine groups is 1. The number of aryl methyl sites for hydroxylation is 1. The lowest BCUT2D eigenvalue weighted by molar-refractivity contribution is -0.274. The van der Waals surface area contributed by atoms with Gasteiger partial charge in [-0.1, -0.05) is 42.1 Å². The minimum Gasteiger partial charge on any atom is -0.495 e. The van der Waals surface area contributed by atoms with Crippen LogP contribution in [0.5, 0.6) is 11.5 Å². The molecule has 12 heteroatoms. The van der Waals surface area contributed by atoms with Crippen molar-refractivity contribution in [3.8, 4) is 28.6 Å². The van der Waals surface area contributed by atoms with Gasteiger partial charge in [0.15, 0.2) is 11.0 Å². The van der Waals surface area contributed by atoms with Gasteiger partial charge >= 0.3 is 6.36 Å². The van der Waals surface area contributed by atoms with Crippen molar-refractivity contribution in [1.82, 2.24) is 14.8 Å². The average Bonchev–Trinajstić information content (AvgIpc) is 3.44. The fourth-order valence-corrected chi connectivity index (χ4v) is 4.97. The number of methoxy groups -OCH3 is 1. The molecule has 40 heavy (non-hydrogen) atoms. The normalized spacial score (nSPS) is 15.1. The van der Waals surface area contributed by atoms with Crippen molar-refractivity contribution in [2.45, 2.75) is 19.7 Å². The van der Waals surface area contributed by atoms with Crippen LogP contribution in [0.3, 0.4) is 0 Å². The van der Waals surface area contributed by atoms with Gasteiger partial charge in [-0.05, 0) is 60.9 Å². The van der Waals surface area contributed by atoms with Crippen LogP contribution in [0.4, 0.5) is 18.9 Å². The molecule has 3 aromatic carbocycles. The lowest BCUT2D eigenvalue weighted by Gasteiger charge is -2.30. The molecule has 0 amide bonds. The van der Waals surface area contributed by atoms with Crippen LogP contribution >= 0.6 is 11.8 Å². The Morgan fingerprint density at radius 2 is 1.80 bits per heavy atom. The van der Waals surface area contributed by atoms with Gasteiger partial charge in [-0.25, -0.2) is 9.67 Å². The van der Waals surface area contributed by atoms with Gasteiger partial charge < -0.3 is 14.4 Å². The minimum atomic E-state index is -4.74. The first-order valence-corrected chi connectivity index (χ1v) is 13.3. The molecule has 0 atom stereocenters. The van der Waals surface area contributed by atoms with Gasteiger partial charge in [-0.3, -0.25) is 0 Å². The first-order chi connectivity index (χ1) is 19.3. The van der Waals surface area contributed by atoms with E-state index >= 15 is 0 Å². The van der Waals surface area contributed by atoms with E-state index in [0.29, 0.717) is 11.5 Å². The molecule has 8 nitrogen and oxygen atoms in total. The number of rotatable bonds is 7. The Labute approximate surface area is 233 Å². The summed E-state index contributed by atoms with van der Waals surface area (Å²) in [4.78, 5) is 6.46. The van der Waals surface area contributed by atoms with E-state index in [4.69, 9.17) is 4.74 Å². The molecule has 1 fully saturated rings. The number of aromatic nitrogens is 3. The Morgan fingerprint density at radius 1 is 1.02 bits per heavy atom. The number of thioether (sulfide) groups is 1. The van der Waals surface area contributed by atoms with Gasteiger partial charge in [0.2, 0.25) is 0 Å². The number of ether oxygens (including phenoxy) is 2. The molecule has 1 aliphatic rings. The Balaban J connectivity index is 1.27. The molecule has 1 aromatic heterocycles. The lowest BCUT2D eigenvalue weighted by Crippen LogP contribution is -2.34. The fraction of sp³-hybridized carbons (Fsp3) is 0.214. The van der Waals surface area contributed by atoms with Crippen LogP contribution in [0.2, 0.25) is 0 Å². The zero-order valence-electron chi connectivity index (χ0n) is 21.7. The number of benzene rings is 3. The maximum atomic E-state index is 12.4. The van der Waals surface area contributed by atoms with Gasteiger partial charge in [0.05, 0.1) is 24.7 Å². The summed E-state index contributed by atoms with van der Waals surface area (Å²) >= 11 is 1.66. The molecule has 0 bridgehead atoms. The second kappa shape index (κ2) is 11.8. The first kappa shape index (κ1) is 27.3. The van der Waals surface area contributed by atoms with Gasteiger partial charge in [0.1, 0.15) is 17.8 Å². The van der Waals surface area contributed by atoms with Gasteiger partial charge in [-0.15, -0.1) is 23.4 Å². The summed E-state index contributed by atoms with van der Waals surface area (Å²) in [6.45, 7) is 2.88. The third kappa shape index (κ3) is 6.63. The number of halogens is 3. The molecular weight excluding hydrogens is 541 g/mol. The predicted octanol–water partition coefficient (Wildman–Crippen LogP) is 6.48. The summed E-state index contributed by atoms with van der Waals surface area (Å²) in [6.07, 6.45) is -0.518. The summed E-state index contributed by atoms with van der Waals surface area (Å²) in [5, 5.41) is 14.1. The summed E-state index contributed by atoms with van der Waals surface area (Å²) < 4.78 is 48.1. The van der Waals surface area contributed by atoms with Crippen LogP contribution < -0.4 is 14.4 Å². The number of hydrogen-bond acceptors (Lipinski definition) is 7. The van der Waals surface area contributed by atoms with E-state index < -0.39 is 6.36 Å². The van der Waals surface area contributed by atoms with E-state index in [2.05, 4.69) is 36.0 Å². The fourth-order valence-electron chi connectivity index (χ4n) is 4.06.